The van der Waals surface area contributed by atoms with Crippen LogP contribution in [0.4, 0.5) is 0 Å². The van der Waals surface area contributed by atoms with Crippen LogP contribution in [0.3, 0.4) is 0 Å². The van der Waals surface area contributed by atoms with Gasteiger partial charge < -0.3 is 90.1 Å². The summed E-state index contributed by atoms with van der Waals surface area (Å²) in [5.74, 6) is -9.74. The van der Waals surface area contributed by atoms with Crippen molar-refractivity contribution in [2.45, 2.75) is 139 Å². The monoisotopic (exact) mass is 1320 g/mol. The van der Waals surface area contributed by atoms with Crippen molar-refractivity contribution in [2.24, 2.45) is 28.1 Å². The van der Waals surface area contributed by atoms with Gasteiger partial charge in [-0.1, -0.05) is 86.6 Å². The molecule has 8 rings (SSSR count). The first-order valence-corrected chi connectivity index (χ1v) is 31.7. The number of para-hydroxylation sites is 1. The maximum absolute atomic E-state index is 15.2. The minimum Gasteiger partial charge on any atom is -0.508 e. The third kappa shape index (κ3) is 20.1. The molecule has 4 heterocycles. The molecule has 0 radical (unpaired) electrons. The predicted molar refractivity (Wildman–Crippen MR) is 352 cm³/mol. The van der Waals surface area contributed by atoms with Gasteiger partial charge in [0.15, 0.2) is 7.37 Å². The van der Waals surface area contributed by atoms with Crippen LogP contribution in [0.5, 0.6) is 5.75 Å². The maximum atomic E-state index is 15.2. The van der Waals surface area contributed by atoms with Crippen molar-refractivity contribution in [3.63, 3.8) is 0 Å². The molecular formula is C66H83N17O13. The van der Waals surface area contributed by atoms with E-state index in [-0.39, 0.29) is 99.7 Å². The van der Waals surface area contributed by atoms with E-state index in [9.17, 15) is 54.8 Å². The number of aliphatic imine (C=N–C) groups is 1. The Morgan fingerprint density at radius 2 is 1.31 bits per heavy atom. The average Bonchev–Trinajstić information content (AvgIpc) is 1.85. The molecule has 0 aliphatic carbocycles. The van der Waals surface area contributed by atoms with Crippen LogP contribution in [-0.2, 0) is 78.4 Å². The minimum absolute atomic E-state index is 0.00626. The second-order valence-corrected chi connectivity index (χ2v) is 24.2. The molecule has 0 bridgehead atoms. The summed E-state index contributed by atoms with van der Waals surface area (Å²) in [5, 5.41) is 44.9. The van der Waals surface area contributed by atoms with Gasteiger partial charge in [0, 0.05) is 74.2 Å². The highest BCUT2D eigenvalue weighted by atomic mass is 16.3. The lowest BCUT2D eigenvalue weighted by atomic mass is 9.98. The lowest BCUT2D eigenvalue weighted by molar-refractivity contribution is -0.142. The smallest absolute Gasteiger partial charge is 0.245 e. The molecule has 0 spiro atoms. The van der Waals surface area contributed by atoms with Crippen molar-refractivity contribution in [2.75, 3.05) is 26.2 Å². The average molecular weight is 1320 g/mol. The highest BCUT2D eigenvalue weighted by Crippen LogP contribution is 2.23. The van der Waals surface area contributed by atoms with Crippen LogP contribution in [0.1, 0.15) is 81.2 Å². The van der Waals surface area contributed by atoms with Crippen LogP contribution in [0, 0.1) is 5.92 Å². The van der Waals surface area contributed by atoms with E-state index in [1.54, 1.807) is 62.5 Å². The van der Waals surface area contributed by atoms with Gasteiger partial charge in [0.1, 0.15) is 60.1 Å². The molecule has 0 saturated carbocycles. The van der Waals surface area contributed by atoms with Gasteiger partial charge in [-0.15, -0.1) is 0 Å². The van der Waals surface area contributed by atoms with Gasteiger partial charge in [0.25, 0.3) is 0 Å². The van der Waals surface area contributed by atoms with Gasteiger partial charge in [0.05, 0.1) is 19.5 Å². The fraction of sp³-hybridized carbons (Fsp3) is 0.409. The van der Waals surface area contributed by atoms with Gasteiger partial charge in [-0.3, -0.25) is 57.7 Å². The van der Waals surface area contributed by atoms with E-state index in [4.69, 9.17) is 17.2 Å². The zero-order valence-electron chi connectivity index (χ0n) is 54.2. The first kappa shape index (κ1) is 69.4. The second-order valence-electron chi connectivity index (χ2n) is 24.2. The Morgan fingerprint density at radius 3 is 1.98 bits per heavy atom. The first-order valence-electron chi connectivity index (χ1n) is 32.1. The number of H-pyrrole nitrogens is 2. The van der Waals surface area contributed by atoms with Gasteiger partial charge in [-0.25, -0.2) is 4.98 Å². The summed E-state index contributed by atoms with van der Waals surface area (Å²) in [6, 6.07) is 12.3. The molecule has 2 saturated heterocycles. The van der Waals surface area contributed by atoms with E-state index in [0.29, 0.717) is 39.7 Å². The topological polar surface area (TPSA) is 475 Å². The molecule has 96 heavy (non-hydrogen) atoms. The van der Waals surface area contributed by atoms with E-state index in [0.717, 1.165) is 10.8 Å². The van der Waals surface area contributed by atoms with Gasteiger partial charge >= 0.3 is 0 Å². The molecule has 19 N–H and O–H groups in total. The number of benzene rings is 4. The van der Waals surface area contributed by atoms with Crippen LogP contribution < -0.4 is 65.0 Å². The number of aromatic nitrogens is 3. The number of carbonyl (C=O) groups excluding carboxylic acids is 11. The number of hydrogen-bond acceptors (Lipinski definition) is 15. The lowest BCUT2D eigenvalue weighted by Crippen LogP contribution is -2.61. The molecule has 2 fully saturated rings. The van der Waals surface area contributed by atoms with Gasteiger partial charge in [0.2, 0.25) is 65.0 Å². The van der Waals surface area contributed by atoms with Gasteiger partial charge in [-0.05, 0) is 90.1 Å². The van der Waals surface area contributed by atoms with Crippen LogP contribution >= 0.6 is 0 Å². The summed E-state index contributed by atoms with van der Waals surface area (Å²) < 4.78 is 9.45. The second kappa shape index (κ2) is 33.8. The molecule has 9 atom stereocenters. The molecule has 30 heteroatoms. The predicted octanol–water partition coefficient (Wildman–Crippen LogP) is -1.62. The van der Waals surface area contributed by atoms with Crippen LogP contribution in [-0.4, -0.2) is 182 Å². The molecule has 30 nitrogen and oxygen atoms in total. The Hall–Kier alpha value is -10.9. The molecule has 11 amide bonds. The van der Waals surface area contributed by atoms with E-state index in [1.807, 2.05) is 24.3 Å². The van der Waals surface area contributed by atoms with Crippen LogP contribution in [0.25, 0.3) is 21.7 Å². The summed E-state index contributed by atoms with van der Waals surface area (Å²) >= 11 is 0. The number of nitrogens with zero attached hydrogens (tertiary/aromatic N) is 3. The fourth-order valence-corrected chi connectivity index (χ4v) is 11.5. The minimum atomic E-state index is -1.97. The summed E-state index contributed by atoms with van der Waals surface area (Å²) in [4.78, 5) is 169. The summed E-state index contributed by atoms with van der Waals surface area (Å²) in [6.07, 6.45) is 4.44. The van der Waals surface area contributed by atoms with Crippen molar-refractivity contribution >= 4 is 92.6 Å². The summed E-state index contributed by atoms with van der Waals surface area (Å²) in [7, 11) is 0. The van der Waals surface area contributed by atoms with Crippen molar-refractivity contribution < 1.29 is 64.4 Å². The van der Waals surface area contributed by atoms with E-state index < -0.39 is 133 Å². The number of aromatic hydroxyl groups is 1. The number of hydrogen-bond donors (Lipinski definition) is 16. The van der Waals surface area contributed by atoms with Gasteiger partial charge in [-0.2, -0.15) is 0 Å². The molecule has 2 aliphatic rings. The molecule has 4 aromatic carbocycles. The van der Waals surface area contributed by atoms with Crippen molar-refractivity contribution in [3.8, 4) is 5.75 Å². The normalized spacial score (nSPS) is 16.7. The highest BCUT2D eigenvalue weighted by Gasteiger charge is 2.40. The van der Waals surface area contributed by atoms with Crippen molar-refractivity contribution in [1.29, 1.82) is 0 Å². The number of phenolic OH excluding ortho intramolecular Hbond substituents is 1. The number of rotatable bonds is 33. The Labute approximate surface area is 553 Å². The zero-order chi connectivity index (χ0) is 69.9. The molecule has 0 unspecified atom stereocenters. The number of aliphatic hydroxyl groups excluding tert-OH is 1. The lowest BCUT2D eigenvalue weighted by Gasteiger charge is -2.30. The third-order valence-corrected chi connectivity index (χ3v) is 16.5. The number of nitrogens with two attached hydrogens (primary N) is 3. The van der Waals surface area contributed by atoms with E-state index in [1.165, 1.54) is 41.7 Å². The number of amides is 11. The Balaban J connectivity index is 1.07. The Bertz CT molecular complexity index is 3840. The number of imidazole rings is 1. The zero-order valence-corrected chi connectivity index (χ0v) is 53.2. The fourth-order valence-electron chi connectivity index (χ4n) is 11.5. The summed E-state index contributed by atoms with van der Waals surface area (Å²) in [6.45, 7) is 2.16. The number of aromatic amines is 2. The number of carbonyl (C=O) groups is 11. The third-order valence-electron chi connectivity index (χ3n) is 16.5. The van der Waals surface area contributed by atoms with Crippen molar-refractivity contribution in [3.05, 3.63) is 132 Å². The number of guanidine groups is 1. The maximum Gasteiger partial charge on any atom is 0.245 e. The van der Waals surface area contributed by atoms with Crippen LogP contribution in [0.15, 0.2) is 115 Å². The molecule has 6 aromatic rings. The number of nitrogens with one attached hydrogen (secondary N) is 11. The molecular weight excluding hydrogens is 1240 g/mol. The largest absolute Gasteiger partial charge is 0.508 e. The first-order chi connectivity index (χ1) is 46.4. The number of fused-ring (bicyclic) bond motifs is 2. The van der Waals surface area contributed by atoms with E-state index in [2.05, 4.69) is 62.5 Å². The highest BCUT2D eigenvalue weighted by molar-refractivity contribution is 6.00. The SMILES string of the molecule is [2H]N(C(=O)[C@H](CO)NC(=O)[C@H](Cc1c[nH]c2ccccc12)NC(=O)[C@H](Cc1cnc[nH]1)NC(=O)[C@@H]1CCC(=O)N1)[C@@H](Cc1ccc(O)cc1)C(=O)N[C@@H](Cc1ccc2ccccc2c1)C(=O)N[C@@H](CC(C)C)C(=O)N[C@@H](CCCN=C(N)N)C(=O)N1CCC[C@H]1C(=O)NCC(N)=O. The number of aliphatic hydroxyl groups is 1. The Morgan fingerprint density at radius 1 is 0.688 bits per heavy atom. The molecule has 510 valence electrons. The quantitative estimate of drug-likeness (QED) is 0.0125. The summed E-state index contributed by atoms with van der Waals surface area (Å²) in [5.41, 5.74) is 18.9. The number of likely N-dealkylation sites (tertiary alicyclic amines) is 1. The molecule has 2 aromatic heterocycles. The number of phenols is 1. The molecule has 2 aliphatic heterocycles. The standard InChI is InChI=1S/C66H83N17O13/c1-36(2)25-48(58(89)76-47(13-7-23-71-66(68)69)65(96)83-24-8-14-54(83)64(95)73-33-55(67)86)77-60(91)50(28-38-15-18-39-9-3-4-10-40(39)26-38)78-59(90)49(27-37-16-19-43(85)20-17-37)79-63(94)53(34-84)82-61(92)51(29-41-31-72-45-12-6-5-11-44(41)45)80-62(93)52(30-42-32-70-35-74-42)81-57(88)46-21-22-56(87)75-46/h3-6,9-12,15-20,26,31-32,35-36,46-54,72,84-85H,7-8,13-14,21-25,27-30,33-34H2,1-2H3,(H2,67,86)(H,70,74)(H,73,95)(H,75,87)(H,76,89)(H,77,91)(H,78,90)(H,79,94)(H,80,93)(H,81,88)(H,82,92)(H4,68,69,71)/t46-,47-,48-,49-,50-,51-,52-,53-,54-/m0/s1/i/hD. The van der Waals surface area contributed by atoms with Crippen molar-refractivity contribution in [1.82, 2.24) is 67.7 Å². The number of primary amides is 1. The van der Waals surface area contributed by atoms with Crippen LogP contribution in [0.2, 0.25) is 1.41 Å². The Kier molecular flexibility index (Phi) is 24.4. The van der Waals surface area contributed by atoms with E-state index >= 15 is 9.59 Å².